The first-order valence-corrected chi connectivity index (χ1v) is 8.92. The average molecular weight is 385 g/mol. The number of rotatable bonds is 6. The summed E-state index contributed by atoms with van der Waals surface area (Å²) in [5.74, 6) is 4.55. The summed E-state index contributed by atoms with van der Waals surface area (Å²) in [6, 6.07) is 12.8. The molecule has 8 heteroatoms. The highest BCUT2D eigenvalue weighted by Gasteiger charge is 2.10. The normalized spacial score (nSPS) is 12.7. The molecule has 0 saturated heterocycles. The number of para-hydroxylation sites is 1. The van der Waals surface area contributed by atoms with Crippen molar-refractivity contribution in [1.29, 1.82) is 0 Å². The molecule has 0 atom stereocenters. The molecule has 0 aliphatic carbocycles. The van der Waals surface area contributed by atoms with Gasteiger partial charge in [0.25, 0.3) is 5.91 Å². The van der Waals surface area contributed by atoms with Gasteiger partial charge < -0.3 is 15.3 Å². The number of aldehydes is 1. The van der Waals surface area contributed by atoms with E-state index in [1.54, 1.807) is 42.2 Å². The Bertz CT molecular complexity index is 821. The zero-order chi connectivity index (χ0) is 19.5. The van der Waals surface area contributed by atoms with E-state index < -0.39 is 0 Å². The van der Waals surface area contributed by atoms with Crippen LogP contribution in [-0.2, 0) is 9.59 Å². The lowest BCUT2D eigenvalue weighted by Crippen LogP contribution is -2.20. The van der Waals surface area contributed by atoms with E-state index in [1.165, 1.54) is 0 Å². The fraction of sp³-hybridized carbons (Fsp3) is 0.105. The van der Waals surface area contributed by atoms with Crippen LogP contribution in [0.4, 0.5) is 5.69 Å². The van der Waals surface area contributed by atoms with Crippen LogP contribution in [0.15, 0.2) is 66.4 Å². The molecular formula is C19H19N3O4S. The van der Waals surface area contributed by atoms with Crippen molar-refractivity contribution in [2.24, 2.45) is 5.90 Å². The summed E-state index contributed by atoms with van der Waals surface area (Å²) in [6.45, 7) is -0.0635. The third kappa shape index (κ3) is 6.37. The lowest BCUT2D eigenvalue weighted by molar-refractivity contribution is -0.118. The summed E-state index contributed by atoms with van der Waals surface area (Å²) < 4.78 is 5.40. The lowest BCUT2D eigenvalue weighted by atomic mass is 10.2. The molecule has 1 aromatic carbocycles. The maximum Gasteiger partial charge on any atom is 0.262 e. The van der Waals surface area contributed by atoms with E-state index >= 15 is 0 Å². The van der Waals surface area contributed by atoms with Crippen molar-refractivity contribution in [1.82, 2.24) is 4.98 Å². The van der Waals surface area contributed by atoms with Crippen LogP contribution in [-0.4, -0.2) is 34.7 Å². The highest BCUT2D eigenvalue weighted by molar-refractivity contribution is 8.08. The molecule has 0 bridgehead atoms. The molecule has 1 aromatic heterocycles. The van der Waals surface area contributed by atoms with Gasteiger partial charge in [0.15, 0.2) is 6.61 Å². The van der Waals surface area contributed by atoms with E-state index in [-0.39, 0.29) is 12.5 Å². The van der Waals surface area contributed by atoms with Crippen molar-refractivity contribution < 1.29 is 19.5 Å². The molecule has 2 heterocycles. The molecular weight excluding hydrogens is 366 g/mol. The van der Waals surface area contributed by atoms with Gasteiger partial charge in [-0.1, -0.05) is 24.3 Å². The Morgan fingerprint density at radius 3 is 2.59 bits per heavy atom. The maximum absolute atomic E-state index is 11.9. The number of nitrogens with zero attached hydrogens (tertiary/aromatic N) is 1. The predicted octanol–water partition coefficient (Wildman–Crippen LogP) is 2.65. The van der Waals surface area contributed by atoms with Gasteiger partial charge in [0.1, 0.15) is 12.0 Å². The number of hydrogen-bond donors (Lipinski definition) is 3. The van der Waals surface area contributed by atoms with E-state index in [4.69, 9.17) is 9.94 Å². The Labute approximate surface area is 160 Å². The van der Waals surface area contributed by atoms with Crippen LogP contribution in [0.5, 0.6) is 5.75 Å². The number of amides is 1. The van der Waals surface area contributed by atoms with Crippen LogP contribution in [0, 0.1) is 0 Å². The number of hydrogen-bond acceptors (Lipinski definition) is 7. The number of pyridine rings is 1. The van der Waals surface area contributed by atoms with Gasteiger partial charge in [-0.3, -0.25) is 14.6 Å². The highest BCUT2D eigenvalue weighted by Crippen LogP contribution is 2.31. The van der Waals surface area contributed by atoms with Crippen molar-refractivity contribution in [3.05, 3.63) is 72.1 Å². The third-order valence-electron chi connectivity index (χ3n) is 3.41. The largest absolute Gasteiger partial charge is 0.484 e. The van der Waals surface area contributed by atoms with Crippen molar-refractivity contribution >= 4 is 34.5 Å². The summed E-state index contributed by atoms with van der Waals surface area (Å²) in [6.07, 6.45) is 6.16. The number of ether oxygens (including phenoxy) is 1. The molecule has 7 nitrogen and oxygen atoms in total. The Balaban J connectivity index is 0.00000126. The number of nitrogens with one attached hydrogen (secondary N) is 1. The topological polar surface area (TPSA) is 115 Å². The predicted molar refractivity (Wildman–Crippen MR) is 105 cm³/mol. The van der Waals surface area contributed by atoms with E-state index in [0.29, 0.717) is 17.2 Å². The average Bonchev–Trinajstić information content (AvgIpc) is 2.75. The van der Waals surface area contributed by atoms with Crippen LogP contribution < -0.4 is 16.0 Å². The van der Waals surface area contributed by atoms with Crippen molar-refractivity contribution in [3.8, 4) is 5.75 Å². The molecule has 0 saturated carbocycles. The molecule has 2 aromatic rings. The Morgan fingerprint density at radius 1 is 1.22 bits per heavy atom. The summed E-state index contributed by atoms with van der Waals surface area (Å²) in [7, 11) is 0. The third-order valence-corrected chi connectivity index (χ3v) is 4.54. The highest BCUT2D eigenvalue weighted by atomic mass is 32.2. The fourth-order valence-corrected chi connectivity index (χ4v) is 3.07. The van der Waals surface area contributed by atoms with Gasteiger partial charge in [-0.05, 0) is 30.3 Å². The quantitative estimate of drug-likeness (QED) is 0.517. The number of allylic oxidation sites excluding steroid dienone is 2. The molecule has 1 amide bonds. The number of thioether (sulfide) groups is 1. The van der Waals surface area contributed by atoms with Gasteiger partial charge >= 0.3 is 0 Å². The molecule has 0 fully saturated rings. The Hall–Kier alpha value is -2.94. The molecule has 0 spiro atoms. The molecule has 140 valence electrons. The number of aromatic nitrogens is 1. The zero-order valence-electron chi connectivity index (χ0n) is 14.4. The van der Waals surface area contributed by atoms with Gasteiger partial charge in [0, 0.05) is 16.2 Å². The number of anilines is 1. The first kappa shape index (κ1) is 20.4. The van der Waals surface area contributed by atoms with Gasteiger partial charge in [-0.15, -0.1) is 11.8 Å². The van der Waals surface area contributed by atoms with Gasteiger partial charge in [0.05, 0.1) is 17.6 Å². The van der Waals surface area contributed by atoms with Gasteiger partial charge in [0.2, 0.25) is 0 Å². The van der Waals surface area contributed by atoms with Gasteiger partial charge in [-0.25, -0.2) is 5.90 Å². The molecule has 27 heavy (non-hydrogen) atoms. The Kier molecular flexibility index (Phi) is 8.24. The first-order valence-electron chi connectivity index (χ1n) is 7.93. The smallest absolute Gasteiger partial charge is 0.262 e. The number of carbonyl (C=O) groups is 2. The molecule has 1 aliphatic rings. The minimum atomic E-state index is -0.247. The van der Waals surface area contributed by atoms with E-state index in [9.17, 15) is 9.59 Å². The fourth-order valence-electron chi connectivity index (χ4n) is 2.15. The van der Waals surface area contributed by atoms with Crippen molar-refractivity contribution in [2.75, 3.05) is 17.7 Å². The van der Waals surface area contributed by atoms with E-state index in [2.05, 4.69) is 16.2 Å². The second-order valence-electron chi connectivity index (χ2n) is 5.26. The van der Waals surface area contributed by atoms with Crippen LogP contribution in [0.25, 0.3) is 4.91 Å². The number of benzene rings is 1. The SMILES string of the molecule is NO.O=CC1=CC=C(c2ccc(NC(=O)COc3ccccc3)cn2)SC1. The summed E-state index contributed by atoms with van der Waals surface area (Å²) in [5.41, 5.74) is 2.18. The molecule has 4 N–H and O–H groups in total. The zero-order valence-corrected chi connectivity index (χ0v) is 15.2. The summed E-state index contributed by atoms with van der Waals surface area (Å²) >= 11 is 1.57. The minimum absolute atomic E-state index is 0.0635. The lowest BCUT2D eigenvalue weighted by Gasteiger charge is -2.11. The van der Waals surface area contributed by atoms with Crippen LogP contribution in [0.3, 0.4) is 0 Å². The van der Waals surface area contributed by atoms with E-state index in [1.807, 2.05) is 30.3 Å². The standard InChI is InChI=1S/C19H16N2O3S.H3NO/c22-11-14-6-9-18(25-13-14)17-8-7-15(10-20-17)21-19(23)12-24-16-4-2-1-3-5-16;1-2/h1-11H,12-13H2,(H,21,23);2H,1H2. The van der Waals surface area contributed by atoms with Crippen LogP contribution >= 0.6 is 11.8 Å². The van der Waals surface area contributed by atoms with Crippen LogP contribution in [0.1, 0.15) is 5.69 Å². The summed E-state index contributed by atoms with van der Waals surface area (Å²) in [4.78, 5) is 28.0. The molecule has 0 radical (unpaired) electrons. The molecule has 3 rings (SSSR count). The minimum Gasteiger partial charge on any atom is -0.484 e. The monoisotopic (exact) mass is 385 g/mol. The first-order chi connectivity index (χ1) is 13.2. The Morgan fingerprint density at radius 2 is 2.00 bits per heavy atom. The van der Waals surface area contributed by atoms with Crippen molar-refractivity contribution in [3.63, 3.8) is 0 Å². The second-order valence-corrected chi connectivity index (χ2v) is 6.28. The number of carbonyl (C=O) groups excluding carboxylic acids is 2. The molecule has 1 aliphatic heterocycles. The van der Waals surface area contributed by atoms with Gasteiger partial charge in [-0.2, -0.15) is 0 Å². The second kappa shape index (κ2) is 10.9. The number of nitrogens with two attached hydrogens (primary N) is 1. The summed E-state index contributed by atoms with van der Waals surface area (Å²) in [5, 5.41) is 9.25. The molecule has 0 unspecified atom stereocenters. The maximum atomic E-state index is 11.9. The van der Waals surface area contributed by atoms with E-state index in [0.717, 1.165) is 22.5 Å². The van der Waals surface area contributed by atoms with Crippen LogP contribution in [0.2, 0.25) is 0 Å². The van der Waals surface area contributed by atoms with Crippen molar-refractivity contribution in [2.45, 2.75) is 0 Å².